The third-order valence-corrected chi connectivity index (χ3v) is 6.46. The SMILES string of the molecule is Cc1cc(C)c(-c2csc(NC(=O)CSc3ncnc4c3cnn4C)n2)cc1C. The fraction of sp³-hybridized carbons (Fsp3) is 0.250. The maximum Gasteiger partial charge on any atom is 0.236 e. The second kappa shape index (κ2) is 7.92. The highest BCUT2D eigenvalue weighted by atomic mass is 32.2. The summed E-state index contributed by atoms with van der Waals surface area (Å²) in [6, 6.07) is 4.31. The predicted octanol–water partition coefficient (Wildman–Crippen LogP) is 4.14. The van der Waals surface area contributed by atoms with Crippen molar-refractivity contribution >= 4 is 45.2 Å². The van der Waals surface area contributed by atoms with E-state index < -0.39 is 0 Å². The van der Waals surface area contributed by atoms with E-state index in [1.807, 2.05) is 12.4 Å². The Bertz CT molecular complexity index is 1210. The summed E-state index contributed by atoms with van der Waals surface area (Å²) >= 11 is 2.79. The largest absolute Gasteiger partial charge is 0.301 e. The monoisotopic (exact) mass is 424 g/mol. The van der Waals surface area contributed by atoms with E-state index in [0.29, 0.717) is 5.13 Å². The van der Waals surface area contributed by atoms with Crippen molar-refractivity contribution in [3.05, 3.63) is 46.7 Å². The van der Waals surface area contributed by atoms with Gasteiger partial charge in [0.25, 0.3) is 0 Å². The molecule has 0 radical (unpaired) electrons. The Labute approximate surface area is 176 Å². The van der Waals surface area contributed by atoms with Crippen LogP contribution in [0.15, 0.2) is 35.1 Å². The van der Waals surface area contributed by atoms with Crippen LogP contribution in [0.5, 0.6) is 0 Å². The smallest absolute Gasteiger partial charge is 0.236 e. The van der Waals surface area contributed by atoms with Crippen LogP contribution in [0.2, 0.25) is 0 Å². The van der Waals surface area contributed by atoms with Gasteiger partial charge in [0.15, 0.2) is 10.8 Å². The summed E-state index contributed by atoms with van der Waals surface area (Å²) in [6.45, 7) is 6.28. The van der Waals surface area contributed by atoms with Crippen molar-refractivity contribution in [2.75, 3.05) is 11.1 Å². The number of benzene rings is 1. The molecule has 0 saturated heterocycles. The van der Waals surface area contributed by atoms with E-state index in [2.05, 4.69) is 58.3 Å². The van der Waals surface area contributed by atoms with Gasteiger partial charge >= 0.3 is 0 Å². The van der Waals surface area contributed by atoms with E-state index in [4.69, 9.17) is 0 Å². The van der Waals surface area contributed by atoms with E-state index in [1.165, 1.54) is 46.1 Å². The molecule has 4 rings (SSSR count). The van der Waals surface area contributed by atoms with Gasteiger partial charge < -0.3 is 5.32 Å². The molecule has 0 fully saturated rings. The molecule has 0 aliphatic rings. The van der Waals surface area contributed by atoms with E-state index in [9.17, 15) is 4.79 Å². The second-order valence-corrected chi connectivity index (χ2v) is 8.63. The third-order valence-electron chi connectivity index (χ3n) is 4.70. The van der Waals surface area contributed by atoms with Gasteiger partial charge in [-0.1, -0.05) is 17.8 Å². The zero-order valence-electron chi connectivity index (χ0n) is 16.6. The van der Waals surface area contributed by atoms with Crippen LogP contribution in [-0.4, -0.2) is 36.4 Å². The molecule has 3 aromatic heterocycles. The number of nitrogens with one attached hydrogen (secondary N) is 1. The number of rotatable bonds is 5. The van der Waals surface area contributed by atoms with E-state index in [1.54, 1.807) is 10.9 Å². The molecule has 0 aliphatic heterocycles. The van der Waals surface area contributed by atoms with Crippen molar-refractivity contribution in [3.63, 3.8) is 0 Å². The van der Waals surface area contributed by atoms with Crippen LogP contribution in [0.1, 0.15) is 16.7 Å². The van der Waals surface area contributed by atoms with Gasteiger partial charge in [0.2, 0.25) is 5.91 Å². The molecular weight excluding hydrogens is 404 g/mol. The Morgan fingerprint density at radius 2 is 1.97 bits per heavy atom. The minimum atomic E-state index is -0.122. The number of aromatic nitrogens is 5. The Kier molecular flexibility index (Phi) is 5.33. The predicted molar refractivity (Wildman–Crippen MR) is 117 cm³/mol. The van der Waals surface area contributed by atoms with Crippen LogP contribution in [0.4, 0.5) is 5.13 Å². The van der Waals surface area contributed by atoms with Gasteiger partial charge in [-0.25, -0.2) is 15.0 Å². The standard InChI is InChI=1S/C20H20N6OS2/c1-11-5-13(3)14(6-12(11)2)16-8-29-20(24-16)25-17(27)9-28-19-15-7-23-26(4)18(15)21-10-22-19/h5-8,10H,9H2,1-4H3,(H,24,25,27). The minimum absolute atomic E-state index is 0.122. The molecule has 3 heterocycles. The van der Waals surface area contributed by atoms with E-state index in [0.717, 1.165) is 27.3 Å². The number of hydrogen-bond acceptors (Lipinski definition) is 7. The number of anilines is 1. The van der Waals surface area contributed by atoms with Crippen molar-refractivity contribution in [1.82, 2.24) is 24.7 Å². The van der Waals surface area contributed by atoms with Crippen molar-refractivity contribution < 1.29 is 4.79 Å². The lowest BCUT2D eigenvalue weighted by molar-refractivity contribution is -0.113. The summed E-state index contributed by atoms with van der Waals surface area (Å²) in [5, 5.41) is 11.2. The van der Waals surface area contributed by atoms with Gasteiger partial charge in [-0.15, -0.1) is 11.3 Å². The molecule has 9 heteroatoms. The molecule has 148 valence electrons. The van der Waals surface area contributed by atoms with Crippen LogP contribution >= 0.6 is 23.1 Å². The van der Waals surface area contributed by atoms with Crippen molar-refractivity contribution in [2.24, 2.45) is 7.05 Å². The summed E-state index contributed by atoms with van der Waals surface area (Å²) in [6.07, 6.45) is 3.21. The molecule has 29 heavy (non-hydrogen) atoms. The quantitative estimate of drug-likeness (QED) is 0.383. The summed E-state index contributed by atoms with van der Waals surface area (Å²) < 4.78 is 1.69. The zero-order valence-corrected chi connectivity index (χ0v) is 18.2. The number of thioether (sulfide) groups is 1. The first-order valence-electron chi connectivity index (χ1n) is 9.01. The molecule has 0 unspecified atom stereocenters. The summed E-state index contributed by atoms with van der Waals surface area (Å²) in [7, 11) is 1.83. The summed E-state index contributed by atoms with van der Waals surface area (Å²) in [5.74, 6) is 0.113. The highest BCUT2D eigenvalue weighted by Crippen LogP contribution is 2.30. The van der Waals surface area contributed by atoms with Crippen molar-refractivity contribution in [3.8, 4) is 11.3 Å². The lowest BCUT2D eigenvalue weighted by Crippen LogP contribution is -2.14. The van der Waals surface area contributed by atoms with Gasteiger partial charge in [0.1, 0.15) is 11.4 Å². The van der Waals surface area contributed by atoms with Crippen LogP contribution in [0.3, 0.4) is 0 Å². The average Bonchev–Trinajstić information content (AvgIpc) is 3.30. The summed E-state index contributed by atoms with van der Waals surface area (Å²) in [4.78, 5) is 25.5. The number of amides is 1. The first-order valence-corrected chi connectivity index (χ1v) is 10.9. The molecule has 0 spiro atoms. The Hall–Kier alpha value is -2.78. The van der Waals surface area contributed by atoms with E-state index in [-0.39, 0.29) is 11.7 Å². The Morgan fingerprint density at radius 1 is 1.17 bits per heavy atom. The molecule has 4 aromatic rings. The zero-order chi connectivity index (χ0) is 20.5. The fourth-order valence-corrected chi connectivity index (χ4v) is 4.52. The van der Waals surface area contributed by atoms with Crippen molar-refractivity contribution in [2.45, 2.75) is 25.8 Å². The number of fused-ring (bicyclic) bond motifs is 1. The van der Waals surface area contributed by atoms with Gasteiger partial charge in [-0.05, 0) is 43.5 Å². The highest BCUT2D eigenvalue weighted by molar-refractivity contribution is 8.00. The maximum absolute atomic E-state index is 12.4. The maximum atomic E-state index is 12.4. The molecule has 0 bridgehead atoms. The van der Waals surface area contributed by atoms with Crippen LogP contribution < -0.4 is 5.32 Å². The molecule has 1 amide bonds. The lowest BCUT2D eigenvalue weighted by atomic mass is 9.99. The molecule has 1 aromatic carbocycles. The van der Waals surface area contributed by atoms with E-state index >= 15 is 0 Å². The highest BCUT2D eigenvalue weighted by Gasteiger charge is 2.13. The van der Waals surface area contributed by atoms with Gasteiger partial charge in [-0.2, -0.15) is 5.10 Å². The molecule has 0 atom stereocenters. The first kappa shape index (κ1) is 19.5. The van der Waals surface area contributed by atoms with Crippen LogP contribution in [-0.2, 0) is 11.8 Å². The molecule has 0 saturated carbocycles. The number of hydrogen-bond donors (Lipinski definition) is 1. The molecular formula is C20H20N6OS2. The van der Waals surface area contributed by atoms with Gasteiger partial charge in [0, 0.05) is 18.0 Å². The van der Waals surface area contributed by atoms with Crippen LogP contribution in [0.25, 0.3) is 22.3 Å². The molecule has 0 aliphatic carbocycles. The fourth-order valence-electron chi connectivity index (χ4n) is 3.04. The minimum Gasteiger partial charge on any atom is -0.301 e. The van der Waals surface area contributed by atoms with Gasteiger partial charge in [-0.3, -0.25) is 9.48 Å². The van der Waals surface area contributed by atoms with Gasteiger partial charge in [0.05, 0.1) is 23.0 Å². The number of carbonyl (C=O) groups is 1. The third kappa shape index (κ3) is 4.01. The second-order valence-electron chi connectivity index (χ2n) is 6.81. The summed E-state index contributed by atoms with van der Waals surface area (Å²) in [5.41, 5.74) is 6.39. The molecule has 1 N–H and O–H groups in total. The Balaban J connectivity index is 1.44. The molecule has 7 nitrogen and oxygen atoms in total. The lowest BCUT2D eigenvalue weighted by Gasteiger charge is -2.07. The normalized spacial score (nSPS) is 11.2. The number of aryl methyl sites for hydroxylation is 4. The average molecular weight is 425 g/mol. The van der Waals surface area contributed by atoms with Crippen LogP contribution in [0, 0.1) is 20.8 Å². The number of thiazole rings is 1. The topological polar surface area (TPSA) is 85.6 Å². The number of carbonyl (C=O) groups excluding carboxylic acids is 1. The van der Waals surface area contributed by atoms with Crippen molar-refractivity contribution in [1.29, 1.82) is 0 Å². The number of nitrogens with zero attached hydrogens (tertiary/aromatic N) is 5. The Morgan fingerprint density at radius 3 is 2.79 bits per heavy atom. The first-order chi connectivity index (χ1) is 13.9.